The van der Waals surface area contributed by atoms with Gasteiger partial charge in [0.25, 0.3) is 5.69 Å². The maximum atomic E-state index is 12.7. The predicted octanol–water partition coefficient (Wildman–Crippen LogP) is 4.55. The normalized spacial score (nSPS) is 10.7. The Morgan fingerprint density at radius 1 is 1.14 bits per heavy atom. The first-order chi connectivity index (χ1) is 13.5. The Bertz CT molecular complexity index is 1300. The highest BCUT2D eigenvalue weighted by Gasteiger charge is 2.29. The lowest BCUT2D eigenvalue weighted by Gasteiger charge is -2.11. The maximum Gasteiger partial charge on any atom is 0.340 e. The zero-order valence-corrected chi connectivity index (χ0v) is 14.7. The van der Waals surface area contributed by atoms with E-state index in [1.54, 1.807) is 24.3 Å². The van der Waals surface area contributed by atoms with Crippen LogP contribution in [-0.2, 0) is 4.74 Å². The molecule has 0 fully saturated rings. The largest absolute Gasteiger partial charge is 0.465 e. The standard InChI is InChI=1S/C21H13N3O4/c1-28-21(25)19-18(13-8-6-12(11-22)7-9-13)17(24(26)27)10-15-14-4-2-3-5-16(14)23-20(15)19/h2-10,23H,1H3. The topological polar surface area (TPSA) is 109 Å². The second-order valence-electron chi connectivity index (χ2n) is 6.18. The van der Waals surface area contributed by atoms with Crippen LogP contribution in [0.2, 0.25) is 0 Å². The molecule has 4 rings (SSSR count). The van der Waals surface area contributed by atoms with Crippen molar-refractivity contribution in [1.82, 2.24) is 4.98 Å². The number of aromatic amines is 1. The van der Waals surface area contributed by atoms with Gasteiger partial charge in [-0.1, -0.05) is 30.3 Å². The number of nitro groups is 1. The van der Waals surface area contributed by atoms with Crippen LogP contribution in [0.3, 0.4) is 0 Å². The molecule has 0 bridgehead atoms. The molecule has 0 saturated heterocycles. The molecule has 0 saturated carbocycles. The molecular formula is C21H13N3O4. The van der Waals surface area contributed by atoms with Crippen molar-refractivity contribution in [2.75, 3.05) is 7.11 Å². The van der Waals surface area contributed by atoms with Gasteiger partial charge in [0.2, 0.25) is 0 Å². The van der Waals surface area contributed by atoms with Crippen LogP contribution in [-0.4, -0.2) is 23.0 Å². The minimum atomic E-state index is -0.681. The van der Waals surface area contributed by atoms with Crippen molar-refractivity contribution in [3.63, 3.8) is 0 Å². The summed E-state index contributed by atoms with van der Waals surface area (Å²) >= 11 is 0. The summed E-state index contributed by atoms with van der Waals surface area (Å²) < 4.78 is 4.95. The van der Waals surface area contributed by atoms with Crippen LogP contribution in [0.1, 0.15) is 15.9 Å². The lowest BCUT2D eigenvalue weighted by molar-refractivity contribution is -0.384. The Labute approximate surface area is 158 Å². The number of fused-ring (bicyclic) bond motifs is 3. The highest BCUT2D eigenvalue weighted by atomic mass is 16.6. The fourth-order valence-electron chi connectivity index (χ4n) is 3.43. The van der Waals surface area contributed by atoms with Crippen molar-refractivity contribution < 1.29 is 14.5 Å². The van der Waals surface area contributed by atoms with E-state index in [1.165, 1.54) is 13.2 Å². The molecule has 0 radical (unpaired) electrons. The molecule has 0 amide bonds. The summed E-state index contributed by atoms with van der Waals surface area (Å²) in [4.78, 5) is 27.2. The van der Waals surface area contributed by atoms with Crippen LogP contribution < -0.4 is 0 Å². The number of H-pyrrole nitrogens is 1. The molecule has 28 heavy (non-hydrogen) atoms. The van der Waals surface area contributed by atoms with Gasteiger partial charge in [-0.15, -0.1) is 0 Å². The molecule has 0 unspecified atom stereocenters. The highest BCUT2D eigenvalue weighted by Crippen LogP contribution is 2.41. The van der Waals surface area contributed by atoms with Crippen molar-refractivity contribution in [2.24, 2.45) is 0 Å². The first kappa shape index (κ1) is 17.2. The zero-order valence-electron chi connectivity index (χ0n) is 14.7. The van der Waals surface area contributed by atoms with Gasteiger partial charge in [-0.2, -0.15) is 5.26 Å². The summed E-state index contributed by atoms with van der Waals surface area (Å²) in [6.45, 7) is 0. The Hall–Kier alpha value is -4.18. The molecule has 0 atom stereocenters. The minimum Gasteiger partial charge on any atom is -0.465 e. The van der Waals surface area contributed by atoms with Crippen molar-refractivity contribution in [1.29, 1.82) is 5.26 Å². The number of rotatable bonds is 3. The number of aromatic nitrogens is 1. The molecule has 0 aliphatic heterocycles. The van der Waals surface area contributed by atoms with Gasteiger partial charge in [-0.25, -0.2) is 4.79 Å². The number of carbonyl (C=O) groups is 1. The third-order valence-corrected chi connectivity index (χ3v) is 4.67. The summed E-state index contributed by atoms with van der Waals surface area (Å²) in [6, 6.07) is 17.1. The van der Waals surface area contributed by atoms with E-state index in [9.17, 15) is 14.9 Å². The number of para-hydroxylation sites is 1. The number of methoxy groups -OCH3 is 1. The molecule has 3 aromatic carbocycles. The average molecular weight is 371 g/mol. The quantitative estimate of drug-likeness (QED) is 0.323. The summed E-state index contributed by atoms with van der Waals surface area (Å²) in [6.07, 6.45) is 0. The van der Waals surface area contributed by atoms with Gasteiger partial charge in [0.1, 0.15) is 0 Å². The van der Waals surface area contributed by atoms with Crippen LogP contribution in [0.5, 0.6) is 0 Å². The van der Waals surface area contributed by atoms with Crippen LogP contribution in [0.4, 0.5) is 5.69 Å². The number of nitriles is 1. The van der Waals surface area contributed by atoms with Crippen molar-refractivity contribution in [3.05, 3.63) is 75.8 Å². The second-order valence-corrected chi connectivity index (χ2v) is 6.18. The zero-order chi connectivity index (χ0) is 19.8. The smallest absolute Gasteiger partial charge is 0.340 e. The molecule has 7 nitrogen and oxygen atoms in total. The van der Waals surface area contributed by atoms with Gasteiger partial charge in [0.15, 0.2) is 0 Å². The van der Waals surface area contributed by atoms with E-state index in [-0.39, 0.29) is 16.8 Å². The summed E-state index contributed by atoms with van der Waals surface area (Å²) in [5.74, 6) is -0.681. The van der Waals surface area contributed by atoms with Crippen LogP contribution in [0.25, 0.3) is 32.9 Å². The minimum absolute atomic E-state index is 0.0904. The van der Waals surface area contributed by atoms with Gasteiger partial charge in [-0.3, -0.25) is 10.1 Å². The van der Waals surface area contributed by atoms with E-state index < -0.39 is 10.9 Å². The molecule has 1 aromatic heterocycles. The van der Waals surface area contributed by atoms with Gasteiger partial charge in [-0.05, 0) is 23.8 Å². The van der Waals surface area contributed by atoms with E-state index in [0.29, 0.717) is 22.0 Å². The van der Waals surface area contributed by atoms with E-state index in [1.807, 2.05) is 30.3 Å². The van der Waals surface area contributed by atoms with Crippen LogP contribution >= 0.6 is 0 Å². The Morgan fingerprint density at radius 3 is 2.50 bits per heavy atom. The highest BCUT2D eigenvalue weighted by molar-refractivity contribution is 6.18. The van der Waals surface area contributed by atoms with E-state index in [2.05, 4.69) is 4.98 Å². The number of benzene rings is 3. The Balaban J connectivity index is 2.18. The molecular weight excluding hydrogens is 358 g/mol. The SMILES string of the molecule is COC(=O)c1c(-c2ccc(C#N)cc2)c([N+](=O)[O-])cc2c1[nH]c1ccccc12. The number of nitrogens with zero attached hydrogens (tertiary/aromatic N) is 2. The lowest BCUT2D eigenvalue weighted by Crippen LogP contribution is -2.07. The molecule has 0 spiro atoms. The maximum absolute atomic E-state index is 12.7. The predicted molar refractivity (Wildman–Crippen MR) is 104 cm³/mol. The third-order valence-electron chi connectivity index (χ3n) is 4.67. The monoisotopic (exact) mass is 371 g/mol. The first-order valence-electron chi connectivity index (χ1n) is 8.35. The second kappa shape index (κ2) is 6.52. The summed E-state index contributed by atoms with van der Waals surface area (Å²) in [5.41, 5.74) is 2.13. The molecule has 1 heterocycles. The lowest BCUT2D eigenvalue weighted by atomic mass is 9.94. The average Bonchev–Trinajstić information content (AvgIpc) is 3.10. The number of nitro benzene ring substituents is 1. The fraction of sp³-hybridized carbons (Fsp3) is 0.0476. The van der Waals surface area contributed by atoms with Crippen molar-refractivity contribution in [2.45, 2.75) is 0 Å². The van der Waals surface area contributed by atoms with Gasteiger partial charge in [0.05, 0.1) is 40.3 Å². The fourth-order valence-corrected chi connectivity index (χ4v) is 3.43. The third kappa shape index (κ3) is 2.56. The van der Waals surface area contributed by atoms with Crippen molar-refractivity contribution >= 4 is 33.5 Å². The number of ether oxygens (including phenoxy) is 1. The molecule has 1 N–H and O–H groups in total. The first-order valence-corrected chi connectivity index (χ1v) is 8.35. The summed E-state index contributed by atoms with van der Waals surface area (Å²) in [5, 5.41) is 22.2. The number of esters is 1. The van der Waals surface area contributed by atoms with E-state index >= 15 is 0 Å². The van der Waals surface area contributed by atoms with Crippen molar-refractivity contribution in [3.8, 4) is 17.2 Å². The van der Waals surface area contributed by atoms with E-state index in [4.69, 9.17) is 10.00 Å². The van der Waals surface area contributed by atoms with Gasteiger partial charge in [0, 0.05) is 22.4 Å². The number of nitrogens with one attached hydrogen (secondary N) is 1. The van der Waals surface area contributed by atoms with Gasteiger partial charge < -0.3 is 9.72 Å². The molecule has 0 aliphatic rings. The molecule has 4 aromatic rings. The number of hydrogen-bond donors (Lipinski definition) is 1. The van der Waals surface area contributed by atoms with E-state index in [0.717, 1.165) is 10.9 Å². The molecule has 7 heteroatoms. The number of carbonyl (C=O) groups excluding carboxylic acids is 1. The van der Waals surface area contributed by atoms with Gasteiger partial charge >= 0.3 is 5.97 Å². The van der Waals surface area contributed by atoms with Crippen LogP contribution in [0.15, 0.2) is 54.6 Å². The molecule has 136 valence electrons. The Kier molecular flexibility index (Phi) is 4.02. The van der Waals surface area contributed by atoms with Crippen LogP contribution in [0, 0.1) is 21.4 Å². The molecule has 0 aliphatic carbocycles. The summed E-state index contributed by atoms with van der Waals surface area (Å²) in [7, 11) is 1.23. The Morgan fingerprint density at radius 2 is 1.86 bits per heavy atom. The number of hydrogen-bond acceptors (Lipinski definition) is 5.